The minimum Gasteiger partial charge on any atom is -0.340 e. The van der Waals surface area contributed by atoms with Gasteiger partial charge in [-0.25, -0.2) is 4.52 Å². The zero-order chi connectivity index (χ0) is 17.4. The molecular formula is C16H17N7O2. The van der Waals surface area contributed by atoms with Crippen molar-refractivity contribution in [2.75, 3.05) is 23.3 Å². The number of carbonyl (C=O) groups excluding carboxylic acids is 2. The smallest absolute Gasteiger partial charge is 0.274 e. The van der Waals surface area contributed by atoms with E-state index in [-0.39, 0.29) is 11.3 Å². The van der Waals surface area contributed by atoms with Crippen LogP contribution in [0, 0.1) is 0 Å². The first-order valence-corrected chi connectivity index (χ1v) is 8.05. The van der Waals surface area contributed by atoms with Crippen LogP contribution in [0.4, 0.5) is 11.6 Å². The molecule has 0 unspecified atom stereocenters. The van der Waals surface area contributed by atoms with E-state index in [9.17, 15) is 9.59 Å². The summed E-state index contributed by atoms with van der Waals surface area (Å²) in [5, 5.41) is 11.2. The van der Waals surface area contributed by atoms with E-state index < -0.39 is 5.91 Å². The van der Waals surface area contributed by atoms with Crippen LogP contribution in [0.25, 0.3) is 5.65 Å². The molecule has 4 heterocycles. The molecule has 0 saturated carbocycles. The number of carbonyl (C=O) groups is 2. The fourth-order valence-electron chi connectivity index (χ4n) is 3.01. The molecule has 128 valence electrons. The molecule has 25 heavy (non-hydrogen) atoms. The van der Waals surface area contributed by atoms with Gasteiger partial charge in [-0.3, -0.25) is 14.3 Å². The summed E-state index contributed by atoms with van der Waals surface area (Å²) in [6.45, 7) is 1.94. The van der Waals surface area contributed by atoms with Crippen molar-refractivity contribution in [2.45, 2.75) is 12.8 Å². The molecule has 0 radical (unpaired) electrons. The third-order valence-electron chi connectivity index (χ3n) is 4.28. The molecule has 0 bridgehead atoms. The van der Waals surface area contributed by atoms with Crippen LogP contribution >= 0.6 is 0 Å². The molecule has 1 aliphatic rings. The maximum Gasteiger partial charge on any atom is 0.274 e. The van der Waals surface area contributed by atoms with Gasteiger partial charge in [0.1, 0.15) is 5.69 Å². The van der Waals surface area contributed by atoms with Crippen molar-refractivity contribution in [2.24, 2.45) is 7.05 Å². The maximum absolute atomic E-state index is 12.4. The van der Waals surface area contributed by atoms with Gasteiger partial charge in [0.25, 0.3) is 5.91 Å². The number of hydrogen-bond acceptors (Lipinski definition) is 6. The predicted octanol–water partition coefficient (Wildman–Crippen LogP) is 1.13. The monoisotopic (exact) mass is 339 g/mol. The second-order valence-electron chi connectivity index (χ2n) is 5.97. The normalized spacial score (nSPS) is 14.2. The molecule has 3 aromatic rings. The molecule has 1 N–H and O–H groups in total. The molecule has 0 atom stereocenters. The number of nitrogens with one attached hydrogen (secondary N) is 1. The van der Waals surface area contributed by atoms with Crippen LogP contribution in [0.15, 0.2) is 24.5 Å². The van der Waals surface area contributed by atoms with Gasteiger partial charge >= 0.3 is 0 Å². The van der Waals surface area contributed by atoms with Gasteiger partial charge in [0, 0.05) is 20.1 Å². The molecule has 1 amide bonds. The highest BCUT2D eigenvalue weighted by molar-refractivity contribution is 6.07. The Balaban J connectivity index is 1.60. The van der Waals surface area contributed by atoms with Crippen molar-refractivity contribution in [3.8, 4) is 0 Å². The molecule has 4 rings (SSSR count). The average Bonchev–Trinajstić information content (AvgIpc) is 3.32. The molecule has 9 heteroatoms. The van der Waals surface area contributed by atoms with Crippen molar-refractivity contribution in [3.63, 3.8) is 0 Å². The molecule has 0 aliphatic carbocycles. The molecule has 3 aromatic heterocycles. The van der Waals surface area contributed by atoms with Gasteiger partial charge in [-0.15, -0.1) is 5.10 Å². The lowest BCUT2D eigenvalue weighted by Crippen LogP contribution is -2.19. The summed E-state index contributed by atoms with van der Waals surface area (Å²) >= 11 is 0. The van der Waals surface area contributed by atoms with E-state index in [1.165, 1.54) is 10.9 Å². The molecule has 1 aliphatic heterocycles. The van der Waals surface area contributed by atoms with Crippen LogP contribution in [0.1, 0.15) is 33.7 Å². The Kier molecular flexibility index (Phi) is 3.68. The van der Waals surface area contributed by atoms with Crippen molar-refractivity contribution < 1.29 is 9.59 Å². The number of aryl methyl sites for hydroxylation is 1. The Labute approximate surface area is 143 Å². The van der Waals surface area contributed by atoms with Crippen molar-refractivity contribution in [1.29, 1.82) is 0 Å². The zero-order valence-corrected chi connectivity index (χ0v) is 13.7. The van der Waals surface area contributed by atoms with E-state index in [0.29, 0.717) is 23.6 Å². The topological polar surface area (TPSA) is 97.4 Å². The molecule has 0 spiro atoms. The second-order valence-corrected chi connectivity index (χ2v) is 5.97. The minimum absolute atomic E-state index is 0.214. The summed E-state index contributed by atoms with van der Waals surface area (Å²) < 4.78 is 3.02. The third-order valence-corrected chi connectivity index (χ3v) is 4.28. The van der Waals surface area contributed by atoms with Crippen LogP contribution < -0.4 is 10.2 Å². The number of fused-ring (bicyclic) bond motifs is 1. The highest BCUT2D eigenvalue weighted by Gasteiger charge is 2.19. The Morgan fingerprint density at radius 1 is 1.28 bits per heavy atom. The van der Waals surface area contributed by atoms with Gasteiger partial charge in [-0.05, 0) is 25.0 Å². The van der Waals surface area contributed by atoms with E-state index in [2.05, 4.69) is 25.4 Å². The minimum atomic E-state index is -0.402. The lowest BCUT2D eigenvalue weighted by atomic mass is 10.2. The first-order valence-electron chi connectivity index (χ1n) is 8.05. The van der Waals surface area contributed by atoms with Gasteiger partial charge in [-0.2, -0.15) is 10.1 Å². The molecule has 0 aromatic carbocycles. The summed E-state index contributed by atoms with van der Waals surface area (Å²) in [6, 6.07) is 3.55. The summed E-state index contributed by atoms with van der Waals surface area (Å²) in [5.74, 6) is 0.303. The second kappa shape index (κ2) is 6.00. The SMILES string of the molecule is Cn1ncc(C=O)c1C(=O)Nc1ccc2nc(N3CCCC3)nn2c1. The number of hydrogen-bond donors (Lipinski definition) is 1. The van der Waals surface area contributed by atoms with Crippen LogP contribution in [0.5, 0.6) is 0 Å². The number of aldehydes is 1. The van der Waals surface area contributed by atoms with Crippen LogP contribution in [0.2, 0.25) is 0 Å². The first kappa shape index (κ1) is 15.3. The zero-order valence-electron chi connectivity index (χ0n) is 13.7. The van der Waals surface area contributed by atoms with Crippen LogP contribution in [-0.4, -0.2) is 49.7 Å². The standard InChI is InChI=1S/C16H17N7O2/c1-21-14(11(10-24)8-17-21)15(25)18-12-4-5-13-19-16(20-23(13)9-12)22-6-2-3-7-22/h4-5,8-10H,2-3,6-7H2,1H3,(H,18,25). The molecule has 1 saturated heterocycles. The van der Waals surface area contributed by atoms with Crippen molar-refractivity contribution in [3.05, 3.63) is 35.8 Å². The number of pyridine rings is 1. The number of amides is 1. The molecule has 9 nitrogen and oxygen atoms in total. The predicted molar refractivity (Wildman–Crippen MR) is 91.0 cm³/mol. The Morgan fingerprint density at radius 2 is 2.08 bits per heavy atom. The van der Waals surface area contributed by atoms with Crippen molar-refractivity contribution >= 4 is 29.5 Å². The Morgan fingerprint density at radius 3 is 2.84 bits per heavy atom. The van der Waals surface area contributed by atoms with E-state index >= 15 is 0 Å². The highest BCUT2D eigenvalue weighted by atomic mass is 16.2. The van der Waals surface area contributed by atoms with E-state index in [4.69, 9.17) is 0 Å². The summed E-state index contributed by atoms with van der Waals surface area (Å²) in [6.07, 6.45) is 5.99. The summed E-state index contributed by atoms with van der Waals surface area (Å²) in [4.78, 5) is 30.1. The number of rotatable bonds is 4. The quantitative estimate of drug-likeness (QED) is 0.716. The van der Waals surface area contributed by atoms with Crippen molar-refractivity contribution in [1.82, 2.24) is 24.4 Å². The Bertz CT molecular complexity index is 953. The van der Waals surface area contributed by atoms with Gasteiger partial charge in [0.2, 0.25) is 5.95 Å². The van der Waals surface area contributed by atoms with E-state index in [0.717, 1.165) is 25.9 Å². The number of aromatic nitrogens is 5. The van der Waals surface area contributed by atoms with E-state index in [1.807, 2.05) is 0 Å². The van der Waals surface area contributed by atoms with Crippen LogP contribution in [-0.2, 0) is 7.05 Å². The molecular weight excluding hydrogens is 322 g/mol. The highest BCUT2D eigenvalue weighted by Crippen LogP contribution is 2.18. The number of anilines is 2. The summed E-state index contributed by atoms with van der Waals surface area (Å²) in [7, 11) is 1.62. The fourth-order valence-corrected chi connectivity index (χ4v) is 3.01. The lowest BCUT2D eigenvalue weighted by molar-refractivity contribution is 0.101. The number of nitrogens with zero attached hydrogens (tertiary/aromatic N) is 6. The van der Waals surface area contributed by atoms with Gasteiger partial charge in [0.05, 0.1) is 23.6 Å². The average molecular weight is 339 g/mol. The molecule has 1 fully saturated rings. The Hall–Kier alpha value is -3.23. The van der Waals surface area contributed by atoms with Gasteiger partial charge in [0.15, 0.2) is 11.9 Å². The van der Waals surface area contributed by atoms with Gasteiger partial charge < -0.3 is 10.2 Å². The van der Waals surface area contributed by atoms with Crippen LogP contribution in [0.3, 0.4) is 0 Å². The van der Waals surface area contributed by atoms with Gasteiger partial charge in [-0.1, -0.05) is 0 Å². The maximum atomic E-state index is 12.4. The lowest BCUT2D eigenvalue weighted by Gasteiger charge is -2.10. The largest absolute Gasteiger partial charge is 0.340 e. The third kappa shape index (κ3) is 2.73. The summed E-state index contributed by atoms with van der Waals surface area (Å²) in [5.41, 5.74) is 1.74. The fraction of sp³-hybridized carbons (Fsp3) is 0.312. The first-order chi connectivity index (χ1) is 12.2. The van der Waals surface area contributed by atoms with E-state index in [1.54, 1.807) is 29.9 Å².